The van der Waals surface area contributed by atoms with Crippen LogP contribution in [0.4, 0.5) is 5.82 Å². The van der Waals surface area contributed by atoms with Gasteiger partial charge < -0.3 is 5.32 Å². The number of anilines is 1. The zero-order valence-electron chi connectivity index (χ0n) is 11.5. The highest BCUT2D eigenvalue weighted by atomic mass is 15.3. The predicted molar refractivity (Wildman–Crippen MR) is 72.6 cm³/mol. The Morgan fingerprint density at radius 3 is 2.47 bits per heavy atom. The molecule has 1 fully saturated rings. The summed E-state index contributed by atoms with van der Waals surface area (Å²) in [5.41, 5.74) is 1.29. The lowest BCUT2D eigenvalue weighted by Gasteiger charge is -2.18. The van der Waals surface area contributed by atoms with Gasteiger partial charge in [-0.25, -0.2) is 4.68 Å². The first-order valence-electron chi connectivity index (χ1n) is 7.01. The van der Waals surface area contributed by atoms with Gasteiger partial charge in [-0.3, -0.25) is 0 Å². The predicted octanol–water partition coefficient (Wildman–Crippen LogP) is 3.94. The van der Waals surface area contributed by atoms with Crippen LogP contribution in [-0.4, -0.2) is 15.8 Å². The number of nitrogens with zero attached hydrogens (tertiary/aromatic N) is 2. The molecule has 1 aromatic rings. The minimum atomic E-state index is 0.465. The molecule has 0 unspecified atom stereocenters. The van der Waals surface area contributed by atoms with Crippen LogP contribution in [0.5, 0.6) is 0 Å². The van der Waals surface area contributed by atoms with Gasteiger partial charge in [-0.05, 0) is 39.5 Å². The van der Waals surface area contributed by atoms with Crippen LogP contribution in [-0.2, 0) is 0 Å². The summed E-state index contributed by atoms with van der Waals surface area (Å²) >= 11 is 0. The van der Waals surface area contributed by atoms with Crippen LogP contribution in [0.15, 0.2) is 6.07 Å². The van der Waals surface area contributed by atoms with Gasteiger partial charge in [0.05, 0.1) is 11.7 Å². The van der Waals surface area contributed by atoms with E-state index in [1.165, 1.54) is 24.4 Å². The maximum Gasteiger partial charge on any atom is 0.125 e. The zero-order valence-corrected chi connectivity index (χ0v) is 11.5. The van der Waals surface area contributed by atoms with E-state index >= 15 is 0 Å². The van der Waals surface area contributed by atoms with E-state index in [1.807, 2.05) is 0 Å². The summed E-state index contributed by atoms with van der Waals surface area (Å²) in [5, 5.41) is 8.35. The summed E-state index contributed by atoms with van der Waals surface area (Å²) in [4.78, 5) is 0. The smallest absolute Gasteiger partial charge is 0.125 e. The second-order valence-electron chi connectivity index (χ2n) is 5.44. The maximum atomic E-state index is 4.82. The molecule has 1 aromatic heterocycles. The highest BCUT2D eigenvalue weighted by Crippen LogP contribution is 2.40. The van der Waals surface area contributed by atoms with Crippen molar-refractivity contribution >= 4 is 5.82 Å². The molecule has 1 N–H and O–H groups in total. The molecule has 0 amide bonds. The van der Waals surface area contributed by atoms with E-state index in [0.29, 0.717) is 12.1 Å². The van der Waals surface area contributed by atoms with Crippen molar-refractivity contribution in [1.29, 1.82) is 0 Å². The second-order valence-corrected chi connectivity index (χ2v) is 5.44. The Morgan fingerprint density at radius 1 is 1.35 bits per heavy atom. The van der Waals surface area contributed by atoms with E-state index in [9.17, 15) is 0 Å². The average Bonchev–Trinajstić information content (AvgIpc) is 3.05. The van der Waals surface area contributed by atoms with Gasteiger partial charge in [0.1, 0.15) is 5.82 Å². The van der Waals surface area contributed by atoms with Crippen molar-refractivity contribution in [3.63, 3.8) is 0 Å². The highest BCUT2D eigenvalue weighted by Gasteiger charge is 2.28. The summed E-state index contributed by atoms with van der Waals surface area (Å²) in [6, 6.07) is 3.26. The van der Waals surface area contributed by atoms with Crippen LogP contribution in [0, 0.1) is 0 Å². The Bertz CT molecular complexity index is 360. The molecule has 0 aliphatic heterocycles. The second kappa shape index (κ2) is 5.11. The molecule has 3 nitrogen and oxygen atoms in total. The van der Waals surface area contributed by atoms with Crippen molar-refractivity contribution in [3.8, 4) is 0 Å². The molecule has 1 aliphatic carbocycles. The molecule has 1 aliphatic rings. The molecule has 0 aromatic carbocycles. The quantitative estimate of drug-likeness (QED) is 0.809. The summed E-state index contributed by atoms with van der Waals surface area (Å²) in [6.45, 7) is 8.85. The van der Waals surface area contributed by atoms with E-state index in [0.717, 1.165) is 18.8 Å². The van der Waals surface area contributed by atoms with E-state index in [1.54, 1.807) is 0 Å². The molecule has 0 atom stereocenters. The molecule has 0 bridgehead atoms. The first-order valence-corrected chi connectivity index (χ1v) is 7.01. The molecule has 0 radical (unpaired) electrons. The number of aromatic nitrogens is 2. The lowest BCUT2D eigenvalue weighted by atomic mass is 10.2. The van der Waals surface area contributed by atoms with Crippen molar-refractivity contribution in [1.82, 2.24) is 9.78 Å². The van der Waals surface area contributed by atoms with Gasteiger partial charge in [-0.1, -0.05) is 13.8 Å². The molecule has 0 saturated heterocycles. The summed E-state index contributed by atoms with van der Waals surface area (Å²) < 4.78 is 2.22. The highest BCUT2D eigenvalue weighted by molar-refractivity contribution is 5.40. The summed E-state index contributed by atoms with van der Waals surface area (Å²) in [5.74, 6) is 1.94. The monoisotopic (exact) mass is 235 g/mol. The lowest BCUT2D eigenvalue weighted by Crippen LogP contribution is -2.17. The average molecular weight is 235 g/mol. The fraction of sp³-hybridized carbons (Fsp3) is 0.786. The Labute approximate surface area is 105 Å². The maximum absolute atomic E-state index is 4.82. The first kappa shape index (κ1) is 12.5. The third-order valence-electron chi connectivity index (χ3n) is 3.48. The van der Waals surface area contributed by atoms with Crippen molar-refractivity contribution in [2.45, 2.75) is 71.4 Å². The largest absolute Gasteiger partial charge is 0.368 e. The Morgan fingerprint density at radius 2 is 2.00 bits per heavy atom. The van der Waals surface area contributed by atoms with Crippen LogP contribution < -0.4 is 5.32 Å². The normalized spacial score (nSPS) is 15.9. The van der Waals surface area contributed by atoms with Gasteiger partial charge in [0.2, 0.25) is 0 Å². The molecular weight excluding hydrogens is 210 g/mol. The molecule has 96 valence electrons. The molecule has 17 heavy (non-hydrogen) atoms. The fourth-order valence-electron chi connectivity index (χ4n) is 2.31. The minimum absolute atomic E-state index is 0.465. The van der Waals surface area contributed by atoms with Crippen LogP contribution in [0.1, 0.15) is 71.0 Å². The fourth-order valence-corrected chi connectivity index (χ4v) is 2.31. The van der Waals surface area contributed by atoms with Gasteiger partial charge in [-0.15, -0.1) is 0 Å². The Hall–Kier alpha value is -0.990. The number of nitrogens with one attached hydrogen (secondary N) is 1. The lowest BCUT2D eigenvalue weighted by molar-refractivity contribution is 0.429. The molecule has 1 saturated carbocycles. The number of rotatable bonds is 6. The Balaban J connectivity index is 2.25. The molecule has 0 spiro atoms. The third kappa shape index (κ3) is 2.82. The van der Waals surface area contributed by atoms with Crippen molar-refractivity contribution < 1.29 is 0 Å². The van der Waals surface area contributed by atoms with E-state index < -0.39 is 0 Å². The zero-order chi connectivity index (χ0) is 12.4. The topological polar surface area (TPSA) is 29.9 Å². The Kier molecular flexibility index (Phi) is 3.75. The molecule has 3 heteroatoms. The third-order valence-corrected chi connectivity index (χ3v) is 3.48. The van der Waals surface area contributed by atoms with E-state index in [4.69, 9.17) is 5.10 Å². The van der Waals surface area contributed by atoms with Crippen molar-refractivity contribution in [3.05, 3.63) is 11.8 Å². The standard InChI is InChI=1S/C14H25N3/c1-5-12(6-2)17-14(15-10(3)4)9-13(16-17)11-7-8-11/h9-12,15H,5-8H2,1-4H3. The SMILES string of the molecule is CCC(CC)n1nc(C2CC2)cc1NC(C)C. The minimum Gasteiger partial charge on any atom is -0.368 e. The number of hydrogen-bond acceptors (Lipinski definition) is 2. The molecule has 1 heterocycles. The van der Waals surface area contributed by atoms with Gasteiger partial charge >= 0.3 is 0 Å². The van der Waals surface area contributed by atoms with Crippen molar-refractivity contribution in [2.24, 2.45) is 0 Å². The van der Waals surface area contributed by atoms with Crippen LogP contribution >= 0.6 is 0 Å². The van der Waals surface area contributed by atoms with Gasteiger partial charge in [-0.2, -0.15) is 5.10 Å². The first-order chi connectivity index (χ1) is 8.15. The summed E-state index contributed by atoms with van der Waals surface area (Å²) in [7, 11) is 0. The van der Waals surface area contributed by atoms with E-state index in [-0.39, 0.29) is 0 Å². The van der Waals surface area contributed by atoms with E-state index in [2.05, 4.69) is 43.8 Å². The van der Waals surface area contributed by atoms with Crippen LogP contribution in [0.3, 0.4) is 0 Å². The van der Waals surface area contributed by atoms with Gasteiger partial charge in [0.25, 0.3) is 0 Å². The van der Waals surface area contributed by atoms with Gasteiger partial charge in [0, 0.05) is 18.0 Å². The van der Waals surface area contributed by atoms with Gasteiger partial charge in [0.15, 0.2) is 0 Å². The molecular formula is C14H25N3. The van der Waals surface area contributed by atoms with Crippen molar-refractivity contribution in [2.75, 3.05) is 5.32 Å². The van der Waals surface area contributed by atoms with Crippen LogP contribution in [0.25, 0.3) is 0 Å². The van der Waals surface area contributed by atoms with Crippen LogP contribution in [0.2, 0.25) is 0 Å². The summed E-state index contributed by atoms with van der Waals surface area (Å²) in [6.07, 6.45) is 4.94. The molecule has 2 rings (SSSR count). The number of hydrogen-bond donors (Lipinski definition) is 1.